The highest BCUT2D eigenvalue weighted by atomic mass is 16.1. The lowest BCUT2D eigenvalue weighted by Gasteiger charge is -2.51. The predicted octanol–water partition coefficient (Wildman–Crippen LogP) is 1.73. The monoisotopic (exact) mass is 206 g/mol. The maximum atomic E-state index is 10.7. The van der Waals surface area contributed by atoms with Crippen LogP contribution in [0.4, 0.5) is 0 Å². The molecule has 1 heterocycles. The summed E-state index contributed by atoms with van der Waals surface area (Å²) in [6, 6.07) is 2.32. The Kier molecular flexibility index (Phi) is 3.06. The molecule has 2 aliphatic rings. The average molecular weight is 206 g/mol. The molecule has 0 atom stereocenters. The second-order valence-electron chi connectivity index (χ2n) is 4.87. The van der Waals surface area contributed by atoms with Gasteiger partial charge in [-0.3, -0.25) is 4.90 Å². The van der Waals surface area contributed by atoms with Crippen molar-refractivity contribution >= 4 is 6.29 Å². The Hall–Kier alpha value is -0.880. The number of nitriles is 1. The summed E-state index contributed by atoms with van der Waals surface area (Å²) in [5, 5.41) is 8.86. The Balaban J connectivity index is 1.94. The molecule has 0 radical (unpaired) electrons. The van der Waals surface area contributed by atoms with E-state index in [1.165, 1.54) is 19.3 Å². The largest absolute Gasteiger partial charge is 0.303 e. The summed E-state index contributed by atoms with van der Waals surface area (Å²) in [4.78, 5) is 13.1. The first-order valence-corrected chi connectivity index (χ1v) is 5.88. The van der Waals surface area contributed by atoms with Gasteiger partial charge in [0.2, 0.25) is 0 Å². The summed E-state index contributed by atoms with van der Waals surface area (Å²) >= 11 is 0. The fourth-order valence-corrected chi connectivity index (χ4v) is 2.85. The second-order valence-corrected chi connectivity index (χ2v) is 4.87. The van der Waals surface area contributed by atoms with E-state index >= 15 is 0 Å². The first-order chi connectivity index (χ1) is 7.30. The topological polar surface area (TPSA) is 44.1 Å². The van der Waals surface area contributed by atoms with Crippen molar-refractivity contribution < 1.29 is 4.79 Å². The van der Waals surface area contributed by atoms with E-state index in [0.29, 0.717) is 6.42 Å². The molecule has 1 aliphatic carbocycles. The average Bonchev–Trinajstić information content (AvgIpc) is 2.24. The van der Waals surface area contributed by atoms with Crippen LogP contribution in [0.5, 0.6) is 0 Å². The van der Waals surface area contributed by atoms with Gasteiger partial charge in [-0.15, -0.1) is 0 Å². The zero-order chi connectivity index (χ0) is 10.7. The highest BCUT2D eigenvalue weighted by Crippen LogP contribution is 2.41. The fourth-order valence-electron chi connectivity index (χ4n) is 2.85. The molecule has 3 heteroatoms. The van der Waals surface area contributed by atoms with Crippen LogP contribution in [-0.4, -0.2) is 29.8 Å². The van der Waals surface area contributed by atoms with Crippen LogP contribution in [0.1, 0.15) is 38.5 Å². The van der Waals surface area contributed by atoms with Gasteiger partial charge in [0.05, 0.1) is 12.5 Å². The molecule has 0 spiro atoms. The quantitative estimate of drug-likeness (QED) is 0.660. The van der Waals surface area contributed by atoms with Gasteiger partial charge in [-0.1, -0.05) is 0 Å². The Morgan fingerprint density at radius 2 is 2.07 bits per heavy atom. The minimum absolute atomic E-state index is 0.183. The van der Waals surface area contributed by atoms with Crippen LogP contribution in [-0.2, 0) is 4.79 Å². The van der Waals surface area contributed by atoms with Gasteiger partial charge in [0.25, 0.3) is 0 Å². The van der Waals surface area contributed by atoms with Gasteiger partial charge in [0.15, 0.2) is 0 Å². The molecule has 0 amide bonds. The number of nitrogens with zero attached hydrogens (tertiary/aromatic N) is 2. The molecule has 0 bridgehead atoms. The standard InChI is InChI=1S/C12H18N2O/c13-7-6-12(4-1-5-12)14-8-2-11(10-15)3-9-14/h10-11H,1-6,8-9H2. The number of hydrogen-bond acceptors (Lipinski definition) is 3. The second kappa shape index (κ2) is 4.32. The first-order valence-electron chi connectivity index (χ1n) is 5.88. The van der Waals surface area contributed by atoms with E-state index in [2.05, 4.69) is 11.0 Å². The third-order valence-electron chi connectivity index (χ3n) is 4.10. The van der Waals surface area contributed by atoms with Crippen molar-refractivity contribution in [3.8, 4) is 6.07 Å². The predicted molar refractivity (Wildman–Crippen MR) is 57.2 cm³/mol. The molecule has 0 aromatic rings. The lowest BCUT2D eigenvalue weighted by atomic mass is 9.72. The molecule has 0 aromatic heterocycles. The van der Waals surface area contributed by atoms with Crippen LogP contribution in [0.25, 0.3) is 0 Å². The number of carbonyl (C=O) groups is 1. The number of carbonyl (C=O) groups excluding carboxylic acids is 1. The third-order valence-corrected chi connectivity index (χ3v) is 4.10. The van der Waals surface area contributed by atoms with Crippen molar-refractivity contribution in [2.24, 2.45) is 5.92 Å². The first kappa shape index (κ1) is 10.6. The summed E-state index contributed by atoms with van der Waals surface area (Å²) in [7, 11) is 0. The molecule has 0 N–H and O–H groups in total. The van der Waals surface area contributed by atoms with Crippen molar-refractivity contribution in [1.82, 2.24) is 4.90 Å². The van der Waals surface area contributed by atoms with E-state index < -0.39 is 0 Å². The minimum Gasteiger partial charge on any atom is -0.303 e. The van der Waals surface area contributed by atoms with Gasteiger partial charge in [0.1, 0.15) is 6.29 Å². The summed E-state index contributed by atoms with van der Waals surface area (Å²) in [5.41, 5.74) is 0.183. The normalized spacial score (nSPS) is 26.6. The van der Waals surface area contributed by atoms with Crippen molar-refractivity contribution in [1.29, 1.82) is 5.26 Å². The molecule has 2 rings (SSSR count). The summed E-state index contributed by atoms with van der Waals surface area (Å²) in [5.74, 6) is 0.264. The van der Waals surface area contributed by atoms with E-state index in [-0.39, 0.29) is 11.5 Å². The van der Waals surface area contributed by atoms with Crippen molar-refractivity contribution in [3.63, 3.8) is 0 Å². The maximum absolute atomic E-state index is 10.7. The number of piperidine rings is 1. The molecular weight excluding hydrogens is 188 g/mol. The van der Waals surface area contributed by atoms with Gasteiger partial charge in [-0.2, -0.15) is 5.26 Å². The van der Waals surface area contributed by atoms with E-state index in [4.69, 9.17) is 5.26 Å². The molecule has 2 fully saturated rings. The van der Waals surface area contributed by atoms with Gasteiger partial charge >= 0.3 is 0 Å². The fraction of sp³-hybridized carbons (Fsp3) is 0.833. The molecule has 0 aromatic carbocycles. The van der Waals surface area contributed by atoms with Crippen LogP contribution in [0.15, 0.2) is 0 Å². The van der Waals surface area contributed by atoms with Crippen LogP contribution < -0.4 is 0 Å². The molecule has 3 nitrogen and oxygen atoms in total. The van der Waals surface area contributed by atoms with Crippen LogP contribution >= 0.6 is 0 Å². The van der Waals surface area contributed by atoms with Crippen molar-refractivity contribution in [2.75, 3.05) is 13.1 Å². The molecule has 82 valence electrons. The number of hydrogen-bond donors (Lipinski definition) is 0. The molecule has 1 saturated carbocycles. The summed E-state index contributed by atoms with van der Waals surface area (Å²) < 4.78 is 0. The van der Waals surface area contributed by atoms with Crippen molar-refractivity contribution in [3.05, 3.63) is 0 Å². The minimum atomic E-state index is 0.183. The SMILES string of the molecule is N#CCC1(N2CCC(C=O)CC2)CCC1. The lowest BCUT2D eigenvalue weighted by Crippen LogP contribution is -2.56. The number of rotatable bonds is 3. The molecule has 1 aliphatic heterocycles. The Bertz CT molecular complexity index is 270. The van der Waals surface area contributed by atoms with E-state index in [0.717, 1.165) is 32.2 Å². The van der Waals surface area contributed by atoms with Crippen LogP contribution in [0.2, 0.25) is 0 Å². The molecule has 15 heavy (non-hydrogen) atoms. The van der Waals surface area contributed by atoms with Gasteiger partial charge in [-0.05, 0) is 45.2 Å². The Labute approximate surface area is 91.1 Å². The zero-order valence-electron chi connectivity index (χ0n) is 9.11. The van der Waals surface area contributed by atoms with E-state index in [1.807, 2.05) is 0 Å². The highest BCUT2D eigenvalue weighted by molar-refractivity contribution is 5.53. The summed E-state index contributed by atoms with van der Waals surface area (Å²) in [6.07, 6.45) is 7.33. The summed E-state index contributed by atoms with van der Waals surface area (Å²) in [6.45, 7) is 2.01. The Morgan fingerprint density at radius 1 is 1.40 bits per heavy atom. The third kappa shape index (κ3) is 1.91. The smallest absolute Gasteiger partial charge is 0.123 e. The van der Waals surface area contributed by atoms with Gasteiger partial charge in [-0.25, -0.2) is 0 Å². The molecule has 0 unspecified atom stereocenters. The van der Waals surface area contributed by atoms with Gasteiger partial charge in [0, 0.05) is 11.5 Å². The molecule has 1 saturated heterocycles. The van der Waals surface area contributed by atoms with Crippen molar-refractivity contribution in [2.45, 2.75) is 44.1 Å². The van der Waals surface area contributed by atoms with E-state index in [1.54, 1.807) is 0 Å². The number of aldehydes is 1. The molecular formula is C12H18N2O. The Morgan fingerprint density at radius 3 is 2.47 bits per heavy atom. The zero-order valence-corrected chi connectivity index (χ0v) is 9.11. The number of likely N-dealkylation sites (tertiary alicyclic amines) is 1. The highest BCUT2D eigenvalue weighted by Gasteiger charge is 2.43. The van der Waals surface area contributed by atoms with Gasteiger partial charge < -0.3 is 4.79 Å². The lowest BCUT2D eigenvalue weighted by molar-refractivity contribution is -0.113. The maximum Gasteiger partial charge on any atom is 0.123 e. The van der Waals surface area contributed by atoms with Crippen LogP contribution in [0, 0.1) is 17.2 Å². The van der Waals surface area contributed by atoms with E-state index in [9.17, 15) is 4.79 Å². The van der Waals surface area contributed by atoms with Crippen LogP contribution in [0.3, 0.4) is 0 Å².